The van der Waals surface area contributed by atoms with E-state index in [1.165, 1.54) is 5.56 Å². The molecule has 0 saturated heterocycles. The first-order valence-electron chi connectivity index (χ1n) is 8.52. The van der Waals surface area contributed by atoms with Gasteiger partial charge in [-0.3, -0.25) is 0 Å². The lowest BCUT2D eigenvalue weighted by molar-refractivity contribution is 0.191. The highest BCUT2D eigenvalue weighted by molar-refractivity contribution is 9.10. The van der Waals surface area contributed by atoms with E-state index in [2.05, 4.69) is 52.4 Å². The molecule has 2 rings (SSSR count). The number of nitrogens with one attached hydrogen (secondary N) is 1. The first-order chi connectivity index (χ1) is 12.0. The summed E-state index contributed by atoms with van der Waals surface area (Å²) in [6.45, 7) is 8.04. The highest BCUT2D eigenvalue weighted by Gasteiger charge is 2.13. The fourth-order valence-electron chi connectivity index (χ4n) is 2.39. The molecule has 2 aromatic rings. The third-order valence-corrected chi connectivity index (χ3v) is 4.23. The number of aliphatic hydroxyl groups is 1. The van der Waals surface area contributed by atoms with Crippen LogP contribution in [0.15, 0.2) is 40.9 Å². The van der Waals surface area contributed by atoms with Crippen LogP contribution in [0.5, 0.6) is 11.5 Å². The summed E-state index contributed by atoms with van der Waals surface area (Å²) < 4.78 is 12.6. The molecule has 25 heavy (non-hydrogen) atoms. The second kappa shape index (κ2) is 9.80. The van der Waals surface area contributed by atoms with Gasteiger partial charge in [0.1, 0.15) is 6.61 Å². The first-order valence-corrected chi connectivity index (χ1v) is 9.31. The summed E-state index contributed by atoms with van der Waals surface area (Å²) in [6.07, 6.45) is -0.369. The summed E-state index contributed by atoms with van der Waals surface area (Å²) in [4.78, 5) is 0. The molecule has 136 valence electrons. The zero-order valence-electron chi connectivity index (χ0n) is 15.0. The van der Waals surface area contributed by atoms with Crippen LogP contribution in [0.25, 0.3) is 0 Å². The van der Waals surface area contributed by atoms with Crippen molar-refractivity contribution in [1.82, 2.24) is 5.32 Å². The van der Waals surface area contributed by atoms with E-state index in [1.54, 1.807) is 6.92 Å². The third-order valence-electron chi connectivity index (χ3n) is 3.64. The second-order valence-electron chi connectivity index (χ2n) is 6.09. The average Bonchev–Trinajstić information content (AvgIpc) is 2.55. The number of aliphatic hydroxyl groups excluding tert-OH is 1. The van der Waals surface area contributed by atoms with Crippen molar-refractivity contribution in [3.05, 3.63) is 57.6 Å². The molecular weight excluding hydrogens is 382 g/mol. The molecule has 0 radical (unpaired) electrons. The smallest absolute Gasteiger partial charge is 0.175 e. The Morgan fingerprint density at radius 1 is 1.12 bits per heavy atom. The molecule has 0 saturated carbocycles. The Kier molecular flexibility index (Phi) is 7.75. The number of rotatable bonds is 9. The van der Waals surface area contributed by atoms with Gasteiger partial charge in [0.15, 0.2) is 11.5 Å². The third kappa shape index (κ3) is 6.34. The van der Waals surface area contributed by atoms with Crippen LogP contribution in [0.3, 0.4) is 0 Å². The van der Waals surface area contributed by atoms with Crippen molar-refractivity contribution in [1.29, 1.82) is 0 Å². The molecule has 1 atom stereocenters. The largest absolute Gasteiger partial charge is 0.490 e. The summed E-state index contributed by atoms with van der Waals surface area (Å²) in [6, 6.07) is 12.3. The van der Waals surface area contributed by atoms with Gasteiger partial charge in [-0.05, 0) is 60.0 Å². The molecule has 0 aromatic heterocycles. The monoisotopic (exact) mass is 407 g/mol. The van der Waals surface area contributed by atoms with Crippen LogP contribution >= 0.6 is 15.9 Å². The van der Waals surface area contributed by atoms with Crippen LogP contribution in [0.1, 0.15) is 30.5 Å². The molecule has 0 heterocycles. The molecule has 4 nitrogen and oxygen atoms in total. The van der Waals surface area contributed by atoms with Gasteiger partial charge < -0.3 is 19.9 Å². The predicted molar refractivity (Wildman–Crippen MR) is 104 cm³/mol. The number of aryl methyl sites for hydroxylation is 1. The van der Waals surface area contributed by atoms with E-state index in [-0.39, 0.29) is 6.10 Å². The lowest BCUT2D eigenvalue weighted by Gasteiger charge is -2.16. The van der Waals surface area contributed by atoms with Gasteiger partial charge >= 0.3 is 0 Å². The summed E-state index contributed by atoms with van der Waals surface area (Å²) in [5.41, 5.74) is 3.41. The van der Waals surface area contributed by atoms with Gasteiger partial charge in [-0.1, -0.05) is 29.8 Å². The molecule has 5 heteroatoms. The van der Waals surface area contributed by atoms with E-state index in [0.717, 1.165) is 21.3 Å². The van der Waals surface area contributed by atoms with Crippen LogP contribution in [0.2, 0.25) is 0 Å². The van der Waals surface area contributed by atoms with Crippen LogP contribution in [-0.2, 0) is 13.2 Å². The van der Waals surface area contributed by atoms with Gasteiger partial charge in [-0.25, -0.2) is 0 Å². The number of hydrogen-bond donors (Lipinski definition) is 2. The summed E-state index contributed by atoms with van der Waals surface area (Å²) >= 11 is 3.59. The van der Waals surface area contributed by atoms with E-state index in [4.69, 9.17) is 9.47 Å². The molecular formula is C20H26BrNO3. The van der Waals surface area contributed by atoms with Crippen molar-refractivity contribution in [2.24, 2.45) is 0 Å². The van der Waals surface area contributed by atoms with Crippen molar-refractivity contribution in [3.63, 3.8) is 0 Å². The minimum absolute atomic E-state index is 0.369. The first kappa shape index (κ1) is 19.8. The van der Waals surface area contributed by atoms with E-state index >= 15 is 0 Å². The molecule has 0 bridgehead atoms. The topological polar surface area (TPSA) is 50.7 Å². The molecule has 0 fully saturated rings. The van der Waals surface area contributed by atoms with Gasteiger partial charge in [0, 0.05) is 13.1 Å². The standard InChI is InChI=1S/C20H26BrNO3/c1-4-24-19-10-17(12-22-11-15(3)23)9-18(21)20(19)25-13-16-7-5-14(2)6-8-16/h5-10,15,22-23H,4,11-13H2,1-3H3/t15-/m1/s1. The van der Waals surface area contributed by atoms with Gasteiger partial charge in [0.25, 0.3) is 0 Å². The van der Waals surface area contributed by atoms with E-state index in [1.807, 2.05) is 19.1 Å². The van der Waals surface area contributed by atoms with Crippen molar-refractivity contribution >= 4 is 15.9 Å². The van der Waals surface area contributed by atoms with Gasteiger partial charge in [0.2, 0.25) is 0 Å². The van der Waals surface area contributed by atoms with Crippen molar-refractivity contribution in [2.45, 2.75) is 40.0 Å². The van der Waals surface area contributed by atoms with Crippen LogP contribution in [-0.4, -0.2) is 24.4 Å². The Morgan fingerprint density at radius 3 is 2.48 bits per heavy atom. The minimum Gasteiger partial charge on any atom is -0.490 e. The van der Waals surface area contributed by atoms with E-state index in [9.17, 15) is 5.11 Å². The Balaban J connectivity index is 2.11. The summed E-state index contributed by atoms with van der Waals surface area (Å²) in [7, 11) is 0. The molecule has 2 aromatic carbocycles. The SMILES string of the molecule is CCOc1cc(CNC[C@@H](C)O)cc(Br)c1OCc1ccc(C)cc1. The summed E-state index contributed by atoms with van der Waals surface area (Å²) in [5.74, 6) is 1.43. The minimum atomic E-state index is -0.369. The fourth-order valence-corrected chi connectivity index (χ4v) is 3.00. The summed E-state index contributed by atoms with van der Waals surface area (Å²) in [5, 5.41) is 12.6. The molecule has 0 aliphatic heterocycles. The maximum atomic E-state index is 9.35. The highest BCUT2D eigenvalue weighted by Crippen LogP contribution is 2.37. The molecule has 2 N–H and O–H groups in total. The second-order valence-corrected chi connectivity index (χ2v) is 6.95. The van der Waals surface area contributed by atoms with Crippen LogP contribution in [0.4, 0.5) is 0 Å². The molecule has 0 aliphatic carbocycles. The molecule has 0 unspecified atom stereocenters. The van der Waals surface area contributed by atoms with Gasteiger partial charge in [0.05, 0.1) is 17.2 Å². The lowest BCUT2D eigenvalue weighted by Crippen LogP contribution is -2.23. The maximum Gasteiger partial charge on any atom is 0.175 e. The Morgan fingerprint density at radius 2 is 1.84 bits per heavy atom. The van der Waals surface area contributed by atoms with Gasteiger partial charge in [-0.15, -0.1) is 0 Å². The van der Waals surface area contributed by atoms with Crippen molar-refractivity contribution < 1.29 is 14.6 Å². The Bertz CT molecular complexity index is 671. The maximum absolute atomic E-state index is 9.35. The number of hydrogen-bond acceptors (Lipinski definition) is 4. The van der Waals surface area contributed by atoms with Crippen LogP contribution in [0, 0.1) is 6.92 Å². The zero-order chi connectivity index (χ0) is 18.2. The zero-order valence-corrected chi connectivity index (χ0v) is 16.6. The normalized spacial score (nSPS) is 12.0. The predicted octanol–water partition coefficient (Wildman–Crippen LogP) is 4.21. The van der Waals surface area contributed by atoms with Crippen molar-refractivity contribution in [3.8, 4) is 11.5 Å². The molecule has 0 aliphatic rings. The molecule has 0 spiro atoms. The van der Waals surface area contributed by atoms with E-state index in [0.29, 0.717) is 32.1 Å². The Labute approximate surface area is 158 Å². The quantitative estimate of drug-likeness (QED) is 0.653. The van der Waals surface area contributed by atoms with Crippen LogP contribution < -0.4 is 14.8 Å². The number of halogens is 1. The number of benzene rings is 2. The fraction of sp³-hybridized carbons (Fsp3) is 0.400. The molecule has 0 amide bonds. The van der Waals surface area contributed by atoms with Crippen molar-refractivity contribution in [2.75, 3.05) is 13.2 Å². The van der Waals surface area contributed by atoms with E-state index < -0.39 is 0 Å². The van der Waals surface area contributed by atoms with Gasteiger partial charge in [-0.2, -0.15) is 0 Å². The lowest BCUT2D eigenvalue weighted by atomic mass is 10.1. The average molecular weight is 408 g/mol. The Hall–Kier alpha value is -1.56. The number of ether oxygens (including phenoxy) is 2. The highest BCUT2D eigenvalue weighted by atomic mass is 79.9.